The number of anilines is 1. The van der Waals surface area contributed by atoms with E-state index in [1.807, 2.05) is 20.8 Å². The van der Waals surface area contributed by atoms with Gasteiger partial charge in [-0.25, -0.2) is 9.07 Å². The summed E-state index contributed by atoms with van der Waals surface area (Å²) in [7, 11) is 0. The Morgan fingerprint density at radius 3 is 2.68 bits per heavy atom. The van der Waals surface area contributed by atoms with Crippen molar-refractivity contribution in [1.29, 1.82) is 0 Å². The summed E-state index contributed by atoms with van der Waals surface area (Å²) in [4.78, 5) is 0. The van der Waals surface area contributed by atoms with Crippen molar-refractivity contribution >= 4 is 21.7 Å². The Labute approximate surface area is 119 Å². The first-order valence-corrected chi connectivity index (χ1v) is 6.71. The van der Waals surface area contributed by atoms with Crippen LogP contribution >= 0.6 is 15.9 Å². The second-order valence-corrected chi connectivity index (χ2v) is 6.32. The molecule has 2 rings (SSSR count). The van der Waals surface area contributed by atoms with Crippen molar-refractivity contribution in [2.45, 2.75) is 32.7 Å². The van der Waals surface area contributed by atoms with Gasteiger partial charge in [0.05, 0.1) is 12.2 Å². The lowest BCUT2D eigenvalue weighted by atomic mass is 9.92. The summed E-state index contributed by atoms with van der Waals surface area (Å²) in [5, 5.41) is 7.96. The largest absolute Gasteiger partial charge is 0.381 e. The normalized spacial score (nSPS) is 11.8. The van der Waals surface area contributed by atoms with E-state index in [0.29, 0.717) is 12.4 Å². The van der Waals surface area contributed by atoms with Crippen molar-refractivity contribution in [2.75, 3.05) is 5.73 Å². The number of nitrogens with two attached hydrogens (primary N) is 1. The Morgan fingerprint density at radius 2 is 2.05 bits per heavy atom. The Morgan fingerprint density at radius 1 is 1.37 bits per heavy atom. The summed E-state index contributed by atoms with van der Waals surface area (Å²) >= 11 is 3.41. The number of nitrogens with zero attached hydrogens (tertiary/aromatic N) is 3. The topological polar surface area (TPSA) is 56.7 Å². The lowest BCUT2D eigenvalue weighted by Crippen LogP contribution is -2.20. The second-order valence-electron chi connectivity index (χ2n) is 5.47. The Balaban J connectivity index is 2.42. The molecule has 2 N–H and O–H groups in total. The van der Waals surface area contributed by atoms with Gasteiger partial charge in [0.1, 0.15) is 5.82 Å². The van der Waals surface area contributed by atoms with Crippen LogP contribution in [0.15, 0.2) is 22.7 Å². The fourth-order valence-electron chi connectivity index (χ4n) is 2.03. The molecule has 2 aromatic rings. The maximum atomic E-state index is 13.3. The Hall–Kier alpha value is -1.43. The summed E-state index contributed by atoms with van der Waals surface area (Å²) in [6.45, 7) is 6.55. The molecule has 19 heavy (non-hydrogen) atoms. The van der Waals surface area contributed by atoms with E-state index < -0.39 is 0 Å². The molecule has 0 amide bonds. The molecular formula is C13H16BrFN4. The van der Waals surface area contributed by atoms with E-state index in [1.165, 1.54) is 12.1 Å². The summed E-state index contributed by atoms with van der Waals surface area (Å²) in [6.07, 6.45) is 0. The van der Waals surface area contributed by atoms with Gasteiger partial charge in [-0.15, -0.1) is 5.10 Å². The zero-order valence-corrected chi connectivity index (χ0v) is 12.7. The highest BCUT2D eigenvalue weighted by Crippen LogP contribution is 2.27. The molecule has 6 heteroatoms. The van der Waals surface area contributed by atoms with Crippen LogP contribution in [-0.4, -0.2) is 15.0 Å². The molecule has 4 nitrogen and oxygen atoms in total. The summed E-state index contributed by atoms with van der Waals surface area (Å²) in [6, 6.07) is 4.57. The average Bonchev–Trinajstić information content (AvgIpc) is 2.64. The van der Waals surface area contributed by atoms with Crippen LogP contribution in [0.2, 0.25) is 0 Å². The van der Waals surface area contributed by atoms with E-state index in [9.17, 15) is 4.39 Å². The monoisotopic (exact) mass is 326 g/mol. The molecular weight excluding hydrogens is 311 g/mol. The van der Waals surface area contributed by atoms with Gasteiger partial charge in [-0.1, -0.05) is 41.9 Å². The van der Waals surface area contributed by atoms with E-state index >= 15 is 0 Å². The summed E-state index contributed by atoms with van der Waals surface area (Å²) in [5.41, 5.74) is 7.35. The van der Waals surface area contributed by atoms with Gasteiger partial charge in [-0.05, 0) is 23.8 Å². The molecule has 0 aliphatic carbocycles. The summed E-state index contributed by atoms with van der Waals surface area (Å²) < 4.78 is 15.9. The minimum absolute atomic E-state index is 0.173. The van der Waals surface area contributed by atoms with Crippen LogP contribution in [0.1, 0.15) is 32.0 Å². The predicted octanol–water partition coefficient (Wildman–Crippen LogP) is 3.11. The second kappa shape index (κ2) is 4.92. The molecule has 102 valence electrons. The molecule has 0 spiro atoms. The number of hydrogen-bond acceptors (Lipinski definition) is 3. The molecule has 0 aliphatic heterocycles. The molecule has 0 atom stereocenters. The van der Waals surface area contributed by atoms with Crippen LogP contribution < -0.4 is 5.73 Å². The molecule has 1 aromatic heterocycles. The first-order valence-electron chi connectivity index (χ1n) is 5.92. The molecule has 0 unspecified atom stereocenters. The average molecular weight is 327 g/mol. The van der Waals surface area contributed by atoms with Gasteiger partial charge in [-0.2, -0.15) is 0 Å². The van der Waals surface area contributed by atoms with Gasteiger partial charge in [0.2, 0.25) is 0 Å². The molecule has 0 radical (unpaired) electrons. The van der Waals surface area contributed by atoms with Gasteiger partial charge in [-0.3, -0.25) is 0 Å². The standard InChI is InChI=1S/C13H16BrFN4/c1-13(2,3)11-12(16)17-18-19(11)7-8-6-9(15)4-5-10(8)14/h4-6H,7,16H2,1-3H3. The van der Waals surface area contributed by atoms with Crippen molar-refractivity contribution in [3.05, 3.63) is 39.7 Å². The zero-order chi connectivity index (χ0) is 14.2. The van der Waals surface area contributed by atoms with Gasteiger partial charge in [0.25, 0.3) is 0 Å². The smallest absolute Gasteiger partial charge is 0.169 e. The SMILES string of the molecule is CC(C)(C)c1c(N)nnn1Cc1cc(F)ccc1Br. The van der Waals surface area contributed by atoms with Crippen molar-refractivity contribution in [1.82, 2.24) is 15.0 Å². The van der Waals surface area contributed by atoms with Crippen LogP contribution in [0.25, 0.3) is 0 Å². The number of hydrogen-bond donors (Lipinski definition) is 1. The van der Waals surface area contributed by atoms with Crippen LogP contribution in [0, 0.1) is 5.82 Å². The third-order valence-electron chi connectivity index (χ3n) is 2.80. The lowest BCUT2D eigenvalue weighted by molar-refractivity contribution is 0.501. The van der Waals surface area contributed by atoms with Gasteiger partial charge in [0, 0.05) is 9.89 Å². The van der Waals surface area contributed by atoms with E-state index in [4.69, 9.17) is 5.73 Å². The fourth-order valence-corrected chi connectivity index (χ4v) is 2.41. The Kier molecular flexibility index (Phi) is 3.62. The molecule has 0 aliphatic rings. The third kappa shape index (κ3) is 2.94. The quantitative estimate of drug-likeness (QED) is 0.922. The van der Waals surface area contributed by atoms with Crippen molar-refractivity contribution in [2.24, 2.45) is 0 Å². The third-order valence-corrected chi connectivity index (χ3v) is 3.57. The van der Waals surface area contributed by atoms with Crippen LogP contribution in [-0.2, 0) is 12.0 Å². The van der Waals surface area contributed by atoms with E-state index in [0.717, 1.165) is 15.7 Å². The Bertz CT molecular complexity index is 601. The molecule has 0 fully saturated rings. The highest BCUT2D eigenvalue weighted by Gasteiger charge is 2.24. The highest BCUT2D eigenvalue weighted by molar-refractivity contribution is 9.10. The minimum Gasteiger partial charge on any atom is -0.381 e. The predicted molar refractivity (Wildman–Crippen MR) is 76.3 cm³/mol. The van der Waals surface area contributed by atoms with Crippen LogP contribution in [0.5, 0.6) is 0 Å². The zero-order valence-electron chi connectivity index (χ0n) is 11.1. The van der Waals surface area contributed by atoms with E-state index in [2.05, 4.69) is 26.2 Å². The first-order chi connectivity index (χ1) is 8.79. The van der Waals surface area contributed by atoms with Gasteiger partial charge in [0.15, 0.2) is 5.82 Å². The number of halogens is 2. The molecule has 0 saturated heterocycles. The van der Waals surface area contributed by atoms with Crippen LogP contribution in [0.3, 0.4) is 0 Å². The number of rotatable bonds is 2. The van der Waals surface area contributed by atoms with E-state index in [-0.39, 0.29) is 11.2 Å². The maximum Gasteiger partial charge on any atom is 0.169 e. The summed E-state index contributed by atoms with van der Waals surface area (Å²) in [5.74, 6) is 0.142. The molecule has 1 heterocycles. The first kappa shape index (κ1) is 14.0. The minimum atomic E-state index is -0.274. The van der Waals surface area contributed by atoms with Crippen LogP contribution in [0.4, 0.5) is 10.2 Å². The van der Waals surface area contributed by atoms with Crippen molar-refractivity contribution < 1.29 is 4.39 Å². The van der Waals surface area contributed by atoms with Gasteiger partial charge < -0.3 is 5.73 Å². The molecule has 0 bridgehead atoms. The van der Waals surface area contributed by atoms with Crippen molar-refractivity contribution in [3.8, 4) is 0 Å². The van der Waals surface area contributed by atoms with Gasteiger partial charge >= 0.3 is 0 Å². The van der Waals surface area contributed by atoms with Crippen molar-refractivity contribution in [3.63, 3.8) is 0 Å². The number of nitrogen functional groups attached to an aromatic ring is 1. The maximum absolute atomic E-state index is 13.3. The lowest BCUT2D eigenvalue weighted by Gasteiger charge is -2.20. The molecule has 0 saturated carbocycles. The van der Waals surface area contributed by atoms with E-state index in [1.54, 1.807) is 10.7 Å². The number of aromatic nitrogens is 3. The number of benzene rings is 1. The fraction of sp³-hybridized carbons (Fsp3) is 0.385. The highest BCUT2D eigenvalue weighted by atomic mass is 79.9. The molecule has 1 aromatic carbocycles.